The van der Waals surface area contributed by atoms with Crippen molar-refractivity contribution in [2.75, 3.05) is 0 Å². The van der Waals surface area contributed by atoms with Gasteiger partial charge < -0.3 is 10.2 Å². The second-order valence-electron chi connectivity index (χ2n) is 20.4. The van der Waals surface area contributed by atoms with Gasteiger partial charge in [0, 0.05) is 12.8 Å². The molecule has 0 atom stereocenters. The molecule has 0 aliphatic rings. The Kier molecular flexibility index (Phi) is 55.1. The Morgan fingerprint density at radius 1 is 0.145 bits per heavy atom. The van der Waals surface area contributed by atoms with Crippen molar-refractivity contribution in [1.82, 2.24) is 0 Å². The van der Waals surface area contributed by atoms with Gasteiger partial charge in [0.25, 0.3) is 0 Å². The van der Waals surface area contributed by atoms with E-state index in [4.69, 9.17) is 10.2 Å². The van der Waals surface area contributed by atoms with Gasteiger partial charge in [-0.05, 0) is 12.8 Å². The zero-order valence-corrected chi connectivity index (χ0v) is 42.3. The molecule has 0 heterocycles. The molecule has 0 aliphatic heterocycles. The number of rotatable bonds is 57. The fourth-order valence-electron chi connectivity index (χ4n) is 9.74. The average Bonchev–Trinajstić information content (AvgIpc) is 3.26. The summed E-state index contributed by atoms with van der Waals surface area (Å²) in [4.78, 5) is 21.0. The van der Waals surface area contributed by atoms with Crippen LogP contribution in [0.5, 0.6) is 0 Å². The smallest absolute Gasteiger partial charge is 0.303 e. The highest BCUT2D eigenvalue weighted by atomic mass is 16.4. The minimum Gasteiger partial charge on any atom is -0.481 e. The van der Waals surface area contributed by atoms with E-state index >= 15 is 0 Å². The second-order valence-corrected chi connectivity index (χ2v) is 20.4. The van der Waals surface area contributed by atoms with Crippen LogP contribution in [0.25, 0.3) is 0 Å². The number of carboxylic acid groups (broad SMARTS) is 2. The molecule has 0 aromatic heterocycles. The van der Waals surface area contributed by atoms with Crippen LogP contribution >= 0.6 is 0 Å². The minimum absolute atomic E-state index is 0.344. The van der Waals surface area contributed by atoms with Gasteiger partial charge in [-0.3, -0.25) is 9.59 Å². The first kappa shape index (κ1) is 60.9. The lowest BCUT2D eigenvalue weighted by Crippen LogP contribution is -1.93. The molecular weight excluding hydrogens is 761 g/mol. The molecule has 0 unspecified atom stereocenters. The van der Waals surface area contributed by atoms with Gasteiger partial charge in [0.2, 0.25) is 0 Å². The molecular formula is C58H114O4. The fourth-order valence-corrected chi connectivity index (χ4v) is 9.74. The Labute approximate surface area is 389 Å². The van der Waals surface area contributed by atoms with Gasteiger partial charge in [-0.25, -0.2) is 0 Å². The Morgan fingerprint density at radius 3 is 0.274 bits per heavy atom. The van der Waals surface area contributed by atoms with Crippen molar-refractivity contribution >= 4 is 11.9 Å². The van der Waals surface area contributed by atoms with E-state index in [1.165, 1.54) is 321 Å². The number of hydrogen-bond acceptors (Lipinski definition) is 2. The number of hydrogen-bond donors (Lipinski definition) is 2. The molecule has 4 heteroatoms. The number of unbranched alkanes of at least 4 members (excludes halogenated alkanes) is 53. The first-order valence-corrected chi connectivity index (χ1v) is 29.1. The van der Waals surface area contributed by atoms with E-state index in [1.807, 2.05) is 0 Å². The third-order valence-electron chi connectivity index (χ3n) is 14.0. The highest BCUT2D eigenvalue weighted by molar-refractivity contribution is 5.66. The maximum absolute atomic E-state index is 10.5. The molecule has 0 aromatic rings. The summed E-state index contributed by atoms with van der Waals surface area (Å²) in [6.07, 6.45) is 76.2. The Bertz CT molecular complexity index is 773. The lowest BCUT2D eigenvalue weighted by Gasteiger charge is -2.05. The molecule has 0 radical (unpaired) electrons. The molecule has 0 fully saturated rings. The van der Waals surface area contributed by atoms with E-state index in [9.17, 15) is 9.59 Å². The lowest BCUT2D eigenvalue weighted by molar-refractivity contribution is -0.138. The fraction of sp³-hybridized carbons (Fsp3) is 0.966. The standard InChI is InChI=1S/C58H114O4/c59-57(60)55-53-51-49-47-45-43-41-39-37-35-33-31-29-27-25-23-21-19-17-15-13-11-9-7-5-3-1-2-4-6-8-10-12-14-16-18-20-22-24-26-28-30-32-34-36-38-40-42-44-46-48-50-52-54-56-58(61)62/h1-56H2,(H,59,60)(H,61,62). The summed E-state index contributed by atoms with van der Waals surface area (Å²) in [5.41, 5.74) is 0. The Hall–Kier alpha value is -1.06. The summed E-state index contributed by atoms with van der Waals surface area (Å²) in [5, 5.41) is 17.3. The van der Waals surface area contributed by atoms with Gasteiger partial charge in [-0.2, -0.15) is 0 Å². The van der Waals surface area contributed by atoms with E-state index in [0.29, 0.717) is 12.8 Å². The highest BCUT2D eigenvalue weighted by Crippen LogP contribution is 2.19. The van der Waals surface area contributed by atoms with Gasteiger partial charge in [0.1, 0.15) is 0 Å². The molecule has 62 heavy (non-hydrogen) atoms. The van der Waals surface area contributed by atoms with Crippen LogP contribution in [-0.4, -0.2) is 22.2 Å². The highest BCUT2D eigenvalue weighted by Gasteiger charge is 2.01. The van der Waals surface area contributed by atoms with Crippen LogP contribution in [0.1, 0.15) is 360 Å². The maximum atomic E-state index is 10.5. The van der Waals surface area contributed by atoms with E-state index < -0.39 is 11.9 Å². The van der Waals surface area contributed by atoms with Crippen molar-refractivity contribution in [2.24, 2.45) is 0 Å². The minimum atomic E-state index is -0.648. The van der Waals surface area contributed by atoms with Crippen LogP contribution in [0.4, 0.5) is 0 Å². The molecule has 4 nitrogen and oxygen atoms in total. The summed E-state index contributed by atoms with van der Waals surface area (Å²) in [6, 6.07) is 0. The topological polar surface area (TPSA) is 74.6 Å². The molecule has 2 N–H and O–H groups in total. The van der Waals surface area contributed by atoms with Gasteiger partial charge >= 0.3 is 11.9 Å². The third-order valence-corrected chi connectivity index (χ3v) is 14.0. The van der Waals surface area contributed by atoms with Gasteiger partial charge in [-0.15, -0.1) is 0 Å². The van der Waals surface area contributed by atoms with Crippen molar-refractivity contribution in [2.45, 2.75) is 360 Å². The Morgan fingerprint density at radius 2 is 0.210 bits per heavy atom. The van der Waals surface area contributed by atoms with Crippen molar-refractivity contribution in [3.63, 3.8) is 0 Å². The molecule has 0 aromatic carbocycles. The monoisotopic (exact) mass is 875 g/mol. The van der Waals surface area contributed by atoms with Crippen LogP contribution in [0.15, 0.2) is 0 Å². The van der Waals surface area contributed by atoms with Crippen LogP contribution in [0.2, 0.25) is 0 Å². The van der Waals surface area contributed by atoms with Crippen molar-refractivity contribution < 1.29 is 19.8 Å². The maximum Gasteiger partial charge on any atom is 0.303 e. The molecule has 0 saturated carbocycles. The first-order chi connectivity index (χ1) is 30.6. The third kappa shape index (κ3) is 58.9. The summed E-state index contributed by atoms with van der Waals surface area (Å²) in [7, 11) is 0. The van der Waals surface area contributed by atoms with Crippen LogP contribution in [0, 0.1) is 0 Å². The van der Waals surface area contributed by atoms with E-state index in [1.54, 1.807) is 0 Å². The molecule has 0 rings (SSSR count). The predicted octanol–water partition coefficient (Wildman–Crippen LogP) is 21.0. The Balaban J connectivity index is 3.07. The zero-order valence-electron chi connectivity index (χ0n) is 42.3. The summed E-state index contributed by atoms with van der Waals surface area (Å²) in [6.45, 7) is 0. The van der Waals surface area contributed by atoms with E-state index in [-0.39, 0.29) is 0 Å². The normalized spacial score (nSPS) is 11.5. The van der Waals surface area contributed by atoms with Crippen molar-refractivity contribution in [3.05, 3.63) is 0 Å². The lowest BCUT2D eigenvalue weighted by atomic mass is 10.0. The van der Waals surface area contributed by atoms with Gasteiger partial charge in [-0.1, -0.05) is 334 Å². The number of carbonyl (C=O) groups is 2. The van der Waals surface area contributed by atoms with E-state index in [0.717, 1.165) is 25.7 Å². The molecule has 0 bridgehead atoms. The van der Waals surface area contributed by atoms with Crippen LogP contribution in [0.3, 0.4) is 0 Å². The predicted molar refractivity (Wildman–Crippen MR) is 274 cm³/mol. The van der Waals surface area contributed by atoms with Crippen molar-refractivity contribution in [1.29, 1.82) is 0 Å². The molecule has 0 spiro atoms. The zero-order chi connectivity index (χ0) is 44.8. The van der Waals surface area contributed by atoms with Crippen molar-refractivity contribution in [3.8, 4) is 0 Å². The largest absolute Gasteiger partial charge is 0.481 e. The second kappa shape index (κ2) is 56.1. The molecule has 0 saturated heterocycles. The summed E-state index contributed by atoms with van der Waals surface area (Å²) in [5.74, 6) is -1.30. The molecule has 0 amide bonds. The quantitative estimate of drug-likeness (QED) is 0.0597. The SMILES string of the molecule is O=C(O)CCCCCCCCCCCCCCCCCCCCCCCCCCCCCCCCCCCCCCCCCCCCCCCCCCCCCCCCC(=O)O. The number of carboxylic acids is 2. The van der Waals surface area contributed by atoms with Gasteiger partial charge in [0.05, 0.1) is 0 Å². The van der Waals surface area contributed by atoms with Crippen LogP contribution < -0.4 is 0 Å². The average molecular weight is 876 g/mol. The van der Waals surface area contributed by atoms with Crippen LogP contribution in [-0.2, 0) is 9.59 Å². The first-order valence-electron chi connectivity index (χ1n) is 29.1. The van der Waals surface area contributed by atoms with E-state index in [2.05, 4.69) is 0 Å². The number of aliphatic carboxylic acids is 2. The summed E-state index contributed by atoms with van der Waals surface area (Å²) < 4.78 is 0. The molecule has 370 valence electrons. The van der Waals surface area contributed by atoms with Gasteiger partial charge in [0.15, 0.2) is 0 Å². The summed E-state index contributed by atoms with van der Waals surface area (Å²) >= 11 is 0. The molecule has 0 aliphatic carbocycles.